The molecule has 1 aromatic carbocycles. The van der Waals surface area contributed by atoms with Crippen LogP contribution in [0, 0.1) is 0 Å². The molecule has 0 saturated carbocycles. The van der Waals surface area contributed by atoms with Crippen molar-refractivity contribution in [3.8, 4) is 0 Å². The molecule has 0 unspecified atom stereocenters. The van der Waals surface area contributed by atoms with Gasteiger partial charge in [0, 0.05) is 18.5 Å². The van der Waals surface area contributed by atoms with E-state index in [0.717, 1.165) is 11.8 Å². The van der Waals surface area contributed by atoms with Crippen LogP contribution in [0.5, 0.6) is 0 Å². The number of nitrogens with zero attached hydrogens (tertiary/aromatic N) is 1. The molecular weight excluding hydrogens is 330 g/mol. The van der Waals surface area contributed by atoms with Gasteiger partial charge < -0.3 is 15.4 Å². The summed E-state index contributed by atoms with van der Waals surface area (Å²) in [4.78, 5) is 22.9. The first-order valence-corrected chi connectivity index (χ1v) is 7.95. The Morgan fingerprint density at radius 3 is 2.79 bits per heavy atom. The van der Waals surface area contributed by atoms with E-state index in [1.165, 1.54) is 0 Å². The second-order valence-electron chi connectivity index (χ2n) is 4.83. The van der Waals surface area contributed by atoms with Crippen LogP contribution in [-0.2, 0) is 4.74 Å². The number of benzene rings is 1. The van der Waals surface area contributed by atoms with Crippen LogP contribution >= 0.6 is 12.2 Å². The molecule has 8 nitrogen and oxygen atoms in total. The molecule has 1 aromatic heterocycles. The summed E-state index contributed by atoms with van der Waals surface area (Å²) in [6.45, 7) is 3.20. The summed E-state index contributed by atoms with van der Waals surface area (Å²) in [6, 6.07) is 7.26. The summed E-state index contributed by atoms with van der Waals surface area (Å²) < 4.78 is 4.72. The Kier molecular flexibility index (Phi) is 6.50. The van der Waals surface area contributed by atoms with E-state index in [-0.39, 0.29) is 10.7 Å². The van der Waals surface area contributed by atoms with Gasteiger partial charge in [-0.1, -0.05) is 18.2 Å². The number of alkyl carbamates (subject to hydrolysis) is 1. The number of H-pyrrole nitrogens is 1. The maximum atomic E-state index is 11.7. The van der Waals surface area contributed by atoms with Crippen LogP contribution in [0.3, 0.4) is 0 Å². The number of thiocarbonyl (C=S) groups is 1. The van der Waals surface area contributed by atoms with Crippen LogP contribution in [0.4, 0.5) is 10.6 Å². The predicted molar refractivity (Wildman–Crippen MR) is 96.2 cm³/mol. The van der Waals surface area contributed by atoms with Crippen molar-refractivity contribution < 1.29 is 9.53 Å². The number of fused-ring (bicyclic) bond motifs is 1. The van der Waals surface area contributed by atoms with Crippen LogP contribution < -0.4 is 21.5 Å². The van der Waals surface area contributed by atoms with E-state index in [4.69, 9.17) is 17.0 Å². The number of aromatic nitrogens is 2. The summed E-state index contributed by atoms with van der Waals surface area (Å²) >= 11 is 4.97. The molecule has 2 rings (SSSR count). The maximum Gasteiger partial charge on any atom is 0.413 e. The number of aromatic amines is 1. The number of hydrogen-bond donors (Lipinski definition) is 4. The quantitative estimate of drug-likeness (QED) is 0.460. The van der Waals surface area contributed by atoms with E-state index in [0.29, 0.717) is 30.9 Å². The van der Waals surface area contributed by atoms with Crippen molar-refractivity contribution in [3.05, 3.63) is 34.6 Å². The van der Waals surface area contributed by atoms with Crippen LogP contribution in [0.25, 0.3) is 10.8 Å². The van der Waals surface area contributed by atoms with Crippen molar-refractivity contribution in [2.75, 3.05) is 25.0 Å². The summed E-state index contributed by atoms with van der Waals surface area (Å²) in [5.41, 5.74) is -0.215. The van der Waals surface area contributed by atoms with E-state index < -0.39 is 6.09 Å². The third-order valence-corrected chi connectivity index (χ3v) is 3.37. The topological polar surface area (TPSA) is 108 Å². The molecule has 128 valence electrons. The van der Waals surface area contributed by atoms with Gasteiger partial charge in [-0.2, -0.15) is 5.10 Å². The van der Waals surface area contributed by atoms with Gasteiger partial charge in [-0.25, -0.2) is 9.89 Å². The highest BCUT2D eigenvalue weighted by atomic mass is 32.1. The van der Waals surface area contributed by atoms with Crippen molar-refractivity contribution in [1.82, 2.24) is 20.8 Å². The molecule has 0 aliphatic rings. The highest BCUT2D eigenvalue weighted by molar-refractivity contribution is 7.80. The van der Waals surface area contributed by atoms with E-state index in [1.54, 1.807) is 13.0 Å². The predicted octanol–water partition coefficient (Wildman–Crippen LogP) is 1.35. The average molecular weight is 349 g/mol. The number of nitrogens with one attached hydrogen (secondary N) is 4. The third kappa shape index (κ3) is 4.92. The molecule has 9 heteroatoms. The molecule has 24 heavy (non-hydrogen) atoms. The highest BCUT2D eigenvalue weighted by Crippen LogP contribution is 2.16. The minimum absolute atomic E-state index is 0.215. The lowest BCUT2D eigenvalue weighted by Crippen LogP contribution is -2.40. The zero-order valence-electron chi connectivity index (χ0n) is 13.2. The smallest absolute Gasteiger partial charge is 0.413 e. The van der Waals surface area contributed by atoms with Crippen LogP contribution in [0.2, 0.25) is 0 Å². The molecule has 1 amide bonds. The van der Waals surface area contributed by atoms with Crippen molar-refractivity contribution in [3.63, 3.8) is 0 Å². The number of hydrogen-bond acceptors (Lipinski definition) is 6. The Morgan fingerprint density at radius 1 is 1.29 bits per heavy atom. The van der Waals surface area contributed by atoms with E-state index in [1.807, 2.05) is 18.2 Å². The standard InChI is InChI=1S/C15H19N5O3S/c1-2-23-15(22)18-14(24)17-9-5-8-16-12-10-6-3-4-7-11(10)13(21)20-19-12/h3-4,6-7H,2,5,8-9H2,1H3,(H,16,19)(H,20,21)(H2,17,18,22,24). The molecule has 0 aliphatic heterocycles. The fraction of sp³-hybridized carbons (Fsp3) is 0.333. The number of carbonyl (C=O) groups is 1. The summed E-state index contributed by atoms with van der Waals surface area (Å²) in [5, 5.41) is 16.6. The summed E-state index contributed by atoms with van der Waals surface area (Å²) in [5.74, 6) is 0.623. The Balaban J connectivity index is 1.77. The molecular formula is C15H19N5O3S. The van der Waals surface area contributed by atoms with Gasteiger partial charge in [-0.05, 0) is 31.6 Å². The van der Waals surface area contributed by atoms with Crippen LogP contribution in [0.15, 0.2) is 29.1 Å². The molecule has 2 aromatic rings. The average Bonchev–Trinajstić information content (AvgIpc) is 2.57. The zero-order valence-corrected chi connectivity index (χ0v) is 14.0. The first-order valence-electron chi connectivity index (χ1n) is 7.54. The number of anilines is 1. The Labute approximate surface area is 144 Å². The molecule has 0 fully saturated rings. The molecule has 0 radical (unpaired) electrons. The van der Waals surface area contributed by atoms with Gasteiger partial charge in [0.15, 0.2) is 10.9 Å². The first kappa shape index (κ1) is 17.7. The largest absolute Gasteiger partial charge is 0.450 e. The van der Waals surface area contributed by atoms with Crippen molar-refractivity contribution >= 4 is 40.0 Å². The van der Waals surface area contributed by atoms with Crippen molar-refractivity contribution in [2.24, 2.45) is 0 Å². The second kappa shape index (κ2) is 8.82. The van der Waals surface area contributed by atoms with Gasteiger partial charge in [-0.15, -0.1) is 0 Å². The summed E-state index contributed by atoms with van der Waals surface area (Å²) in [7, 11) is 0. The lowest BCUT2D eigenvalue weighted by molar-refractivity contribution is 0.157. The van der Waals surface area contributed by atoms with Gasteiger partial charge in [0.25, 0.3) is 5.56 Å². The Bertz CT molecular complexity index is 777. The molecule has 0 saturated heterocycles. The minimum Gasteiger partial charge on any atom is -0.450 e. The monoisotopic (exact) mass is 349 g/mol. The van der Waals surface area contributed by atoms with Crippen molar-refractivity contribution in [2.45, 2.75) is 13.3 Å². The fourth-order valence-electron chi connectivity index (χ4n) is 2.05. The SMILES string of the molecule is CCOC(=O)NC(=S)NCCCNc1n[nH]c(=O)c2ccccc12. The lowest BCUT2D eigenvalue weighted by Gasteiger charge is -2.10. The minimum atomic E-state index is -0.572. The maximum absolute atomic E-state index is 11.7. The lowest BCUT2D eigenvalue weighted by atomic mass is 10.2. The molecule has 0 aliphatic carbocycles. The number of rotatable bonds is 6. The van der Waals surface area contributed by atoms with E-state index >= 15 is 0 Å². The van der Waals surface area contributed by atoms with Gasteiger partial charge in [-0.3, -0.25) is 10.1 Å². The highest BCUT2D eigenvalue weighted by Gasteiger charge is 2.05. The van der Waals surface area contributed by atoms with Gasteiger partial charge in [0.2, 0.25) is 0 Å². The fourth-order valence-corrected chi connectivity index (χ4v) is 2.24. The molecule has 4 N–H and O–H groups in total. The normalized spacial score (nSPS) is 10.2. The van der Waals surface area contributed by atoms with E-state index in [2.05, 4.69) is 26.1 Å². The van der Waals surface area contributed by atoms with Crippen molar-refractivity contribution in [1.29, 1.82) is 0 Å². The van der Waals surface area contributed by atoms with Gasteiger partial charge >= 0.3 is 6.09 Å². The number of ether oxygens (including phenoxy) is 1. The van der Waals surface area contributed by atoms with Crippen LogP contribution in [-0.4, -0.2) is 41.1 Å². The second-order valence-corrected chi connectivity index (χ2v) is 5.24. The molecule has 0 bridgehead atoms. The zero-order chi connectivity index (χ0) is 17.4. The van der Waals surface area contributed by atoms with Gasteiger partial charge in [0.1, 0.15) is 0 Å². The first-order chi connectivity index (χ1) is 11.6. The number of carbonyl (C=O) groups excluding carboxylic acids is 1. The Hall–Kier alpha value is -2.68. The summed E-state index contributed by atoms with van der Waals surface area (Å²) in [6.07, 6.45) is 0.164. The van der Waals surface area contributed by atoms with Crippen LogP contribution in [0.1, 0.15) is 13.3 Å². The molecule has 0 spiro atoms. The Morgan fingerprint density at radius 2 is 2.04 bits per heavy atom. The molecule has 0 atom stereocenters. The van der Waals surface area contributed by atoms with Gasteiger partial charge in [0.05, 0.1) is 12.0 Å². The van der Waals surface area contributed by atoms with E-state index in [9.17, 15) is 9.59 Å². The molecule has 1 heterocycles. The third-order valence-electron chi connectivity index (χ3n) is 3.12. The number of amides is 1.